The van der Waals surface area contributed by atoms with Gasteiger partial charge in [-0.15, -0.1) is 0 Å². The molecule has 0 amide bonds. The third kappa shape index (κ3) is 8.04. The summed E-state index contributed by atoms with van der Waals surface area (Å²) in [6.45, 7) is 2.06. The number of ether oxygens (including phenoxy) is 2. The third-order valence-corrected chi connectivity index (χ3v) is 10.6. The Morgan fingerprint density at radius 3 is 2.18 bits per heavy atom. The number of rotatable bonds is 13. The van der Waals surface area contributed by atoms with Crippen molar-refractivity contribution in [3.63, 3.8) is 0 Å². The van der Waals surface area contributed by atoms with Crippen molar-refractivity contribution >= 4 is 38.9 Å². The van der Waals surface area contributed by atoms with E-state index in [4.69, 9.17) is 37.5 Å². The number of hydrogen-bond donors (Lipinski definition) is 1. The highest BCUT2D eigenvalue weighted by Crippen LogP contribution is 2.35. The second-order valence-corrected chi connectivity index (χ2v) is 13.7. The summed E-state index contributed by atoms with van der Waals surface area (Å²) in [5.74, 6) is 0.380. The minimum Gasteiger partial charge on any atom is -0.497 e. The van der Waals surface area contributed by atoms with Gasteiger partial charge in [-0.3, -0.25) is 0 Å². The van der Waals surface area contributed by atoms with Crippen LogP contribution in [-0.2, 0) is 20.5 Å². The van der Waals surface area contributed by atoms with Crippen LogP contribution in [0.1, 0.15) is 36.3 Å². The first-order chi connectivity index (χ1) is 21.0. The lowest BCUT2D eigenvalue weighted by atomic mass is 9.84. The Balaban J connectivity index is 1.56. The van der Waals surface area contributed by atoms with E-state index in [0.29, 0.717) is 66.2 Å². The van der Waals surface area contributed by atoms with Crippen molar-refractivity contribution in [2.75, 3.05) is 54.6 Å². The number of hydrogen-bond acceptors (Lipinski definition) is 8. The highest BCUT2D eigenvalue weighted by atomic mass is 35.5. The van der Waals surface area contributed by atoms with E-state index in [1.54, 1.807) is 18.2 Å². The van der Waals surface area contributed by atoms with Crippen molar-refractivity contribution in [1.29, 1.82) is 0 Å². The van der Waals surface area contributed by atoms with Crippen molar-refractivity contribution in [3.05, 3.63) is 87.9 Å². The molecule has 0 radical (unpaired) electrons. The Bertz CT molecular complexity index is 1520. The SMILES string of the molecule is CO/N=C(/CN(C)S(=O)(=O)c1cc(OC)cc(OC)c1)C(CCN1CCC(O)(c2ccccc2)CC1)c1ccc(Cl)c(Cl)c1. The lowest BCUT2D eigenvalue weighted by molar-refractivity contribution is -0.0261. The molecule has 4 rings (SSSR count). The fourth-order valence-electron chi connectivity index (χ4n) is 5.49. The Labute approximate surface area is 270 Å². The van der Waals surface area contributed by atoms with E-state index < -0.39 is 15.6 Å². The molecule has 238 valence electrons. The van der Waals surface area contributed by atoms with Gasteiger partial charge < -0.3 is 24.3 Å². The van der Waals surface area contributed by atoms with E-state index in [9.17, 15) is 13.5 Å². The number of oxime groups is 1. The monoisotopic (exact) mass is 663 g/mol. The molecule has 0 saturated carbocycles. The average molecular weight is 665 g/mol. The zero-order chi connectivity index (χ0) is 31.9. The Morgan fingerprint density at radius 1 is 0.977 bits per heavy atom. The van der Waals surface area contributed by atoms with Gasteiger partial charge in [0.05, 0.1) is 47.0 Å². The van der Waals surface area contributed by atoms with Crippen molar-refractivity contribution in [1.82, 2.24) is 9.21 Å². The summed E-state index contributed by atoms with van der Waals surface area (Å²) in [6.07, 6.45) is 1.82. The summed E-state index contributed by atoms with van der Waals surface area (Å²) >= 11 is 12.7. The first kappa shape index (κ1) is 34.0. The lowest BCUT2D eigenvalue weighted by Gasteiger charge is -2.39. The fraction of sp³-hybridized carbons (Fsp3) is 0.406. The first-order valence-electron chi connectivity index (χ1n) is 14.2. The molecule has 0 aliphatic carbocycles. The second-order valence-electron chi connectivity index (χ2n) is 10.8. The lowest BCUT2D eigenvalue weighted by Crippen LogP contribution is -2.43. The molecule has 1 atom stereocenters. The summed E-state index contributed by atoms with van der Waals surface area (Å²) in [5, 5.41) is 16.4. The van der Waals surface area contributed by atoms with E-state index in [0.717, 1.165) is 11.1 Å². The molecular weight excluding hydrogens is 625 g/mol. The molecular formula is C32H39Cl2N3O6S. The van der Waals surface area contributed by atoms with Gasteiger partial charge in [0, 0.05) is 44.3 Å². The highest BCUT2D eigenvalue weighted by molar-refractivity contribution is 7.89. The van der Waals surface area contributed by atoms with Gasteiger partial charge in [-0.1, -0.05) is 64.8 Å². The normalized spacial score (nSPS) is 16.5. The number of methoxy groups -OCH3 is 2. The smallest absolute Gasteiger partial charge is 0.243 e. The number of nitrogens with zero attached hydrogens (tertiary/aromatic N) is 3. The minimum atomic E-state index is -3.97. The Kier molecular flexibility index (Phi) is 11.6. The molecule has 1 aliphatic heterocycles. The molecule has 1 heterocycles. The van der Waals surface area contributed by atoms with Crippen LogP contribution < -0.4 is 9.47 Å². The van der Waals surface area contributed by atoms with Crippen molar-refractivity contribution in [3.8, 4) is 11.5 Å². The maximum atomic E-state index is 13.7. The summed E-state index contributed by atoms with van der Waals surface area (Å²) in [7, 11) is 1.88. The van der Waals surface area contributed by atoms with Crippen LogP contribution in [-0.4, -0.2) is 83.0 Å². The Morgan fingerprint density at radius 2 is 1.61 bits per heavy atom. The number of benzene rings is 3. The molecule has 0 aromatic heterocycles. The summed E-state index contributed by atoms with van der Waals surface area (Å²) in [5.41, 5.74) is 1.41. The van der Waals surface area contributed by atoms with Crippen molar-refractivity contribution in [2.45, 2.75) is 35.7 Å². The van der Waals surface area contributed by atoms with Crippen molar-refractivity contribution < 1.29 is 27.8 Å². The third-order valence-electron chi connectivity index (χ3n) is 8.10. The van der Waals surface area contributed by atoms with Gasteiger partial charge in [-0.25, -0.2) is 8.42 Å². The van der Waals surface area contributed by atoms with Gasteiger partial charge in [0.1, 0.15) is 18.6 Å². The number of likely N-dealkylation sites (tertiary alicyclic amines) is 1. The molecule has 1 unspecified atom stereocenters. The minimum absolute atomic E-state index is 0.0262. The van der Waals surface area contributed by atoms with Gasteiger partial charge in [-0.05, 0) is 49.1 Å². The van der Waals surface area contributed by atoms with Crippen LogP contribution in [0.2, 0.25) is 10.0 Å². The molecule has 0 bridgehead atoms. The van der Waals surface area contributed by atoms with Crippen LogP contribution in [0.25, 0.3) is 0 Å². The van der Waals surface area contributed by atoms with Gasteiger partial charge in [-0.2, -0.15) is 4.31 Å². The van der Waals surface area contributed by atoms with Gasteiger partial charge in [0.15, 0.2) is 0 Å². The molecule has 3 aromatic carbocycles. The van der Waals surface area contributed by atoms with Gasteiger partial charge in [0.25, 0.3) is 0 Å². The second kappa shape index (κ2) is 14.9. The van der Waals surface area contributed by atoms with Crippen molar-refractivity contribution in [2.24, 2.45) is 5.16 Å². The van der Waals surface area contributed by atoms with Crippen LogP contribution in [0.5, 0.6) is 11.5 Å². The van der Waals surface area contributed by atoms with E-state index in [2.05, 4.69) is 10.1 Å². The number of aliphatic hydroxyl groups is 1. The molecule has 9 nitrogen and oxygen atoms in total. The van der Waals surface area contributed by atoms with Crippen LogP contribution in [0.4, 0.5) is 0 Å². The van der Waals surface area contributed by atoms with Gasteiger partial charge >= 0.3 is 0 Å². The maximum Gasteiger partial charge on any atom is 0.243 e. The van der Waals surface area contributed by atoms with Crippen LogP contribution >= 0.6 is 23.2 Å². The molecule has 3 aromatic rings. The summed E-state index contributed by atoms with van der Waals surface area (Å²) in [6, 6.07) is 19.7. The highest BCUT2D eigenvalue weighted by Gasteiger charge is 2.34. The van der Waals surface area contributed by atoms with Gasteiger partial charge in [0.2, 0.25) is 10.0 Å². The molecule has 1 N–H and O–H groups in total. The molecule has 1 saturated heterocycles. The van der Waals surface area contributed by atoms with Crippen LogP contribution in [0, 0.1) is 0 Å². The summed E-state index contributed by atoms with van der Waals surface area (Å²) in [4.78, 5) is 7.57. The molecule has 12 heteroatoms. The molecule has 1 aliphatic rings. The standard InChI is InChI=1S/C32H39Cl2N3O6S/c1-36(44(39,40)27-20-25(41-2)19-26(21-27)42-3)22-31(35-43-4)28(23-10-11-29(33)30(34)18-23)12-15-37-16-13-32(38,14-17-37)24-8-6-5-7-9-24/h5-11,18-21,28,38H,12-17,22H2,1-4H3/b35-31-. The first-order valence-corrected chi connectivity index (χ1v) is 16.4. The number of halogens is 2. The topological polar surface area (TPSA) is 101 Å². The fourth-order valence-corrected chi connectivity index (χ4v) is 6.99. The van der Waals surface area contributed by atoms with Crippen LogP contribution in [0.15, 0.2) is 76.8 Å². The average Bonchev–Trinajstić information content (AvgIpc) is 3.03. The molecule has 0 spiro atoms. The Hall–Kier alpha value is -2.86. The van der Waals surface area contributed by atoms with E-state index in [1.165, 1.54) is 44.8 Å². The zero-order valence-electron chi connectivity index (χ0n) is 25.4. The number of sulfonamides is 1. The predicted molar refractivity (Wildman–Crippen MR) is 174 cm³/mol. The largest absolute Gasteiger partial charge is 0.497 e. The zero-order valence-corrected chi connectivity index (χ0v) is 27.7. The number of piperidine rings is 1. The molecule has 1 fully saturated rings. The van der Waals surface area contributed by atoms with E-state index in [-0.39, 0.29) is 17.4 Å². The maximum absolute atomic E-state index is 13.7. The van der Waals surface area contributed by atoms with E-state index >= 15 is 0 Å². The predicted octanol–water partition coefficient (Wildman–Crippen LogP) is 5.79. The molecule has 44 heavy (non-hydrogen) atoms. The van der Waals surface area contributed by atoms with E-state index in [1.807, 2.05) is 36.4 Å². The quantitative estimate of drug-likeness (QED) is 0.182. The van der Waals surface area contributed by atoms with Crippen LogP contribution in [0.3, 0.4) is 0 Å². The summed E-state index contributed by atoms with van der Waals surface area (Å²) < 4.78 is 39.2.